The van der Waals surface area contributed by atoms with Crippen LogP contribution in [-0.2, 0) is 17.5 Å². The van der Waals surface area contributed by atoms with Gasteiger partial charge < -0.3 is 14.8 Å². The topological polar surface area (TPSA) is 82.4 Å². The minimum absolute atomic E-state index is 0.00681. The number of hydrogen-bond acceptors (Lipinski definition) is 5. The van der Waals surface area contributed by atoms with Gasteiger partial charge in [-0.15, -0.1) is 0 Å². The van der Waals surface area contributed by atoms with E-state index in [0.717, 1.165) is 16.8 Å². The number of ether oxygens (including phenoxy) is 2. The van der Waals surface area contributed by atoms with Crippen LogP contribution in [0.15, 0.2) is 53.3 Å². The fourth-order valence-electron chi connectivity index (χ4n) is 3.11. The van der Waals surface area contributed by atoms with Crippen LogP contribution in [0.2, 0.25) is 5.02 Å². The first-order valence-corrected chi connectivity index (χ1v) is 9.96. The van der Waals surface area contributed by atoms with Gasteiger partial charge in [0.05, 0.1) is 37.1 Å². The van der Waals surface area contributed by atoms with E-state index < -0.39 is 23.2 Å². The van der Waals surface area contributed by atoms with E-state index >= 15 is 0 Å². The third kappa shape index (κ3) is 5.52. The van der Waals surface area contributed by atoms with E-state index in [9.17, 15) is 22.8 Å². The van der Waals surface area contributed by atoms with Crippen molar-refractivity contribution >= 4 is 23.2 Å². The molecule has 0 atom stereocenters. The van der Waals surface area contributed by atoms with Crippen LogP contribution >= 0.6 is 11.6 Å². The molecular formula is C22H19ClF3N3O4. The summed E-state index contributed by atoms with van der Waals surface area (Å²) in [6.45, 7) is 0.117. The summed E-state index contributed by atoms with van der Waals surface area (Å²) in [7, 11) is 2.77. The number of aromatic nitrogens is 2. The van der Waals surface area contributed by atoms with Crippen molar-refractivity contribution in [3.8, 4) is 17.0 Å². The molecule has 33 heavy (non-hydrogen) atoms. The second-order valence-electron chi connectivity index (χ2n) is 6.80. The molecule has 0 saturated heterocycles. The number of nitrogens with one attached hydrogen (secondary N) is 1. The summed E-state index contributed by atoms with van der Waals surface area (Å²) >= 11 is 5.98. The molecule has 0 aliphatic heterocycles. The van der Waals surface area contributed by atoms with Crippen molar-refractivity contribution in [1.82, 2.24) is 9.78 Å². The molecule has 2 aromatic carbocycles. The van der Waals surface area contributed by atoms with Gasteiger partial charge in [0.2, 0.25) is 0 Å². The quantitative estimate of drug-likeness (QED) is 0.537. The number of carbonyl (C=O) groups excluding carboxylic acids is 1. The molecule has 0 aliphatic carbocycles. The van der Waals surface area contributed by atoms with Gasteiger partial charge in [0.1, 0.15) is 11.4 Å². The molecular weight excluding hydrogens is 463 g/mol. The summed E-state index contributed by atoms with van der Waals surface area (Å²) in [5.41, 5.74) is -2.29. The molecule has 1 heterocycles. The number of anilines is 1. The van der Waals surface area contributed by atoms with Crippen molar-refractivity contribution in [2.45, 2.75) is 12.7 Å². The average molecular weight is 482 g/mol. The van der Waals surface area contributed by atoms with Crippen molar-refractivity contribution in [2.24, 2.45) is 0 Å². The van der Waals surface area contributed by atoms with Crippen molar-refractivity contribution in [3.63, 3.8) is 0 Å². The van der Waals surface area contributed by atoms with Gasteiger partial charge in [-0.1, -0.05) is 29.8 Å². The van der Waals surface area contributed by atoms with Crippen molar-refractivity contribution in [2.75, 3.05) is 26.1 Å². The zero-order valence-electron chi connectivity index (χ0n) is 17.6. The van der Waals surface area contributed by atoms with Crippen molar-refractivity contribution in [1.29, 1.82) is 0 Å². The van der Waals surface area contributed by atoms with Crippen LogP contribution < -0.4 is 15.6 Å². The summed E-state index contributed by atoms with van der Waals surface area (Å²) in [5.74, 6) is -0.550. The van der Waals surface area contributed by atoms with E-state index in [1.165, 1.54) is 50.6 Å². The monoisotopic (exact) mass is 481 g/mol. The lowest BCUT2D eigenvalue weighted by Gasteiger charge is -2.17. The van der Waals surface area contributed by atoms with E-state index in [-0.39, 0.29) is 46.4 Å². The minimum atomic E-state index is -4.69. The Morgan fingerprint density at radius 2 is 1.88 bits per heavy atom. The van der Waals surface area contributed by atoms with E-state index in [2.05, 4.69) is 10.4 Å². The van der Waals surface area contributed by atoms with Crippen molar-refractivity contribution < 1.29 is 27.4 Å². The van der Waals surface area contributed by atoms with Gasteiger partial charge in [-0.3, -0.25) is 9.59 Å². The zero-order chi connectivity index (χ0) is 24.2. The molecule has 0 bridgehead atoms. The number of alkyl halides is 3. The molecule has 1 N–H and O–H groups in total. The second-order valence-corrected chi connectivity index (χ2v) is 7.24. The Morgan fingerprint density at radius 1 is 1.15 bits per heavy atom. The summed E-state index contributed by atoms with van der Waals surface area (Å²) in [6.07, 6.45) is -4.69. The number of methoxy groups -OCH3 is 2. The molecule has 11 heteroatoms. The van der Waals surface area contributed by atoms with E-state index in [1.807, 2.05) is 0 Å². The third-order valence-corrected chi connectivity index (χ3v) is 4.88. The number of carbonyl (C=O) groups is 1. The van der Waals surface area contributed by atoms with Crippen LogP contribution in [0.5, 0.6) is 5.75 Å². The second kappa shape index (κ2) is 10.1. The third-order valence-electron chi connectivity index (χ3n) is 4.65. The highest BCUT2D eigenvalue weighted by molar-refractivity contribution is 6.31. The Hall–Kier alpha value is -3.37. The molecule has 0 radical (unpaired) electrons. The molecule has 174 valence electrons. The summed E-state index contributed by atoms with van der Waals surface area (Å²) in [5, 5.41) is 6.84. The number of rotatable bonds is 7. The van der Waals surface area contributed by atoms with Crippen LogP contribution in [0.25, 0.3) is 11.3 Å². The van der Waals surface area contributed by atoms with Crippen LogP contribution in [-0.4, -0.2) is 36.5 Å². The van der Waals surface area contributed by atoms with Crippen molar-refractivity contribution in [3.05, 3.63) is 75.0 Å². The smallest absolute Gasteiger partial charge is 0.417 e. The largest absolute Gasteiger partial charge is 0.496 e. The number of hydrogen-bond donors (Lipinski definition) is 1. The predicted octanol–water partition coefficient (Wildman–Crippen LogP) is 4.49. The fourth-order valence-corrected chi connectivity index (χ4v) is 3.28. The lowest BCUT2D eigenvalue weighted by molar-refractivity contribution is -0.137. The first-order chi connectivity index (χ1) is 15.7. The van der Waals surface area contributed by atoms with Crippen LogP contribution in [0, 0.1) is 0 Å². The SMILES string of the molecule is COCCn1nc(-c2ccccc2C(F)(F)F)c(NC(=O)c2cc(Cl)ccc2OC)cc1=O. The number of amides is 1. The lowest BCUT2D eigenvalue weighted by Crippen LogP contribution is -2.27. The van der Waals surface area contributed by atoms with Gasteiger partial charge in [-0.25, -0.2) is 4.68 Å². The zero-order valence-corrected chi connectivity index (χ0v) is 18.3. The molecule has 3 aromatic rings. The van der Waals surface area contributed by atoms with E-state index in [0.29, 0.717) is 0 Å². The Bertz CT molecular complexity index is 1230. The first-order valence-electron chi connectivity index (χ1n) is 9.58. The van der Waals surface area contributed by atoms with Crippen LogP contribution in [0.1, 0.15) is 15.9 Å². The van der Waals surface area contributed by atoms with E-state index in [4.69, 9.17) is 21.1 Å². The van der Waals surface area contributed by atoms with Gasteiger partial charge in [0.25, 0.3) is 11.5 Å². The highest BCUT2D eigenvalue weighted by Crippen LogP contribution is 2.38. The van der Waals surface area contributed by atoms with Gasteiger partial charge in [0, 0.05) is 23.8 Å². The first kappa shape index (κ1) is 24.3. The maximum Gasteiger partial charge on any atom is 0.417 e. The molecule has 3 rings (SSSR count). The summed E-state index contributed by atoms with van der Waals surface area (Å²) in [4.78, 5) is 25.5. The molecule has 1 aromatic heterocycles. The standard InChI is InChI=1S/C22H19ClF3N3O4/c1-32-10-9-29-19(30)12-17(27-21(31)15-11-13(23)7-8-18(15)33-2)20(28-29)14-5-3-4-6-16(14)22(24,25)26/h3-8,11-12H,9-10H2,1-2H3,(H,27,31). The molecule has 7 nitrogen and oxygen atoms in total. The predicted molar refractivity (Wildman–Crippen MR) is 117 cm³/mol. The Morgan fingerprint density at radius 3 is 2.55 bits per heavy atom. The maximum absolute atomic E-state index is 13.7. The molecule has 0 fully saturated rings. The highest BCUT2D eigenvalue weighted by atomic mass is 35.5. The number of halogens is 4. The maximum atomic E-state index is 13.7. The van der Waals surface area contributed by atoms with Gasteiger partial charge in [-0.2, -0.15) is 18.3 Å². The number of nitrogens with zero attached hydrogens (tertiary/aromatic N) is 2. The molecule has 0 unspecified atom stereocenters. The molecule has 0 spiro atoms. The summed E-state index contributed by atoms with van der Waals surface area (Å²) < 4.78 is 52.1. The Labute approximate surface area is 191 Å². The highest BCUT2D eigenvalue weighted by Gasteiger charge is 2.34. The van der Waals surface area contributed by atoms with Gasteiger partial charge in [0.15, 0.2) is 0 Å². The summed E-state index contributed by atoms with van der Waals surface area (Å²) in [6, 6.07) is 10.1. The average Bonchev–Trinajstić information content (AvgIpc) is 2.78. The minimum Gasteiger partial charge on any atom is -0.496 e. The Balaban J connectivity index is 2.17. The van der Waals surface area contributed by atoms with Gasteiger partial charge in [-0.05, 0) is 24.3 Å². The van der Waals surface area contributed by atoms with E-state index in [1.54, 1.807) is 0 Å². The Kier molecular flexibility index (Phi) is 7.39. The van der Waals surface area contributed by atoms with Gasteiger partial charge >= 0.3 is 6.18 Å². The fraction of sp³-hybridized carbons (Fsp3) is 0.227. The molecule has 0 aliphatic rings. The van der Waals surface area contributed by atoms with Crippen LogP contribution in [0.3, 0.4) is 0 Å². The number of benzene rings is 2. The van der Waals surface area contributed by atoms with Crippen LogP contribution in [0.4, 0.5) is 18.9 Å². The molecule has 0 saturated carbocycles. The lowest BCUT2D eigenvalue weighted by atomic mass is 10.0. The molecule has 1 amide bonds. The normalized spacial score (nSPS) is 11.3.